The van der Waals surface area contributed by atoms with Crippen molar-refractivity contribution in [3.8, 4) is 0 Å². The van der Waals surface area contributed by atoms with Crippen LogP contribution < -0.4 is 10.6 Å². The van der Waals surface area contributed by atoms with Crippen molar-refractivity contribution in [2.45, 2.75) is 27.3 Å². The number of nitrogens with zero attached hydrogens (tertiary/aromatic N) is 1. The Morgan fingerprint density at radius 2 is 1.85 bits per heavy atom. The van der Waals surface area contributed by atoms with Crippen molar-refractivity contribution < 1.29 is 4.79 Å². The van der Waals surface area contributed by atoms with Crippen molar-refractivity contribution in [3.05, 3.63) is 52.8 Å². The van der Waals surface area contributed by atoms with Gasteiger partial charge in [-0.3, -0.25) is 0 Å². The van der Waals surface area contributed by atoms with Gasteiger partial charge in [-0.25, -0.2) is 4.79 Å². The smallest absolute Gasteiger partial charge is 0.319 e. The van der Waals surface area contributed by atoms with E-state index in [-0.39, 0.29) is 6.03 Å². The van der Waals surface area contributed by atoms with Gasteiger partial charge in [-0.2, -0.15) is 0 Å². The molecule has 0 aliphatic heterocycles. The molecule has 2 amide bonds. The van der Waals surface area contributed by atoms with Gasteiger partial charge in [0, 0.05) is 24.6 Å². The number of rotatable bonds is 3. The van der Waals surface area contributed by atoms with Gasteiger partial charge < -0.3 is 15.2 Å². The molecular formula is C16H21N3O. The fraction of sp³-hybridized carbons (Fsp3) is 0.312. The van der Waals surface area contributed by atoms with Gasteiger partial charge in [-0.05, 0) is 44.0 Å². The molecule has 0 spiro atoms. The Morgan fingerprint density at radius 1 is 1.20 bits per heavy atom. The maximum Gasteiger partial charge on any atom is 0.319 e. The Hall–Kier alpha value is -2.23. The van der Waals surface area contributed by atoms with Crippen LogP contribution in [0.4, 0.5) is 10.5 Å². The fourth-order valence-corrected chi connectivity index (χ4v) is 2.39. The zero-order valence-corrected chi connectivity index (χ0v) is 12.4. The van der Waals surface area contributed by atoms with Gasteiger partial charge in [-0.15, -0.1) is 0 Å². The van der Waals surface area contributed by atoms with Crippen LogP contribution in [0.25, 0.3) is 0 Å². The minimum Gasteiger partial charge on any atom is -0.353 e. The van der Waals surface area contributed by atoms with Gasteiger partial charge in [0.1, 0.15) is 0 Å². The average Bonchev–Trinajstić information content (AvgIpc) is 2.77. The number of nitrogens with one attached hydrogen (secondary N) is 2. The predicted molar refractivity (Wildman–Crippen MR) is 81.9 cm³/mol. The first-order valence-corrected chi connectivity index (χ1v) is 6.70. The third-order valence-corrected chi connectivity index (χ3v) is 3.40. The summed E-state index contributed by atoms with van der Waals surface area (Å²) in [5.74, 6) is 0. The molecule has 0 bridgehead atoms. The number of hydrogen-bond acceptors (Lipinski definition) is 1. The van der Waals surface area contributed by atoms with Crippen molar-refractivity contribution in [3.63, 3.8) is 0 Å². The Balaban J connectivity index is 2.00. The second kappa shape index (κ2) is 5.82. The molecule has 0 saturated heterocycles. The molecule has 0 fully saturated rings. The Kier molecular flexibility index (Phi) is 4.13. The summed E-state index contributed by atoms with van der Waals surface area (Å²) in [7, 11) is 1.96. The number of amides is 2. The van der Waals surface area contributed by atoms with Gasteiger partial charge in [0.25, 0.3) is 0 Å². The van der Waals surface area contributed by atoms with E-state index in [4.69, 9.17) is 0 Å². The summed E-state index contributed by atoms with van der Waals surface area (Å²) < 4.78 is 1.99. The van der Waals surface area contributed by atoms with E-state index in [2.05, 4.69) is 29.7 Å². The molecular weight excluding hydrogens is 250 g/mol. The van der Waals surface area contributed by atoms with E-state index >= 15 is 0 Å². The highest BCUT2D eigenvalue weighted by molar-refractivity contribution is 5.91. The summed E-state index contributed by atoms with van der Waals surface area (Å²) in [5.41, 5.74) is 5.32. The molecule has 1 aromatic heterocycles. The lowest BCUT2D eigenvalue weighted by atomic mass is 10.1. The molecule has 0 aliphatic carbocycles. The van der Waals surface area contributed by atoms with Crippen LogP contribution in [0.5, 0.6) is 0 Å². The molecule has 1 heterocycles. The van der Waals surface area contributed by atoms with Crippen LogP contribution in [0, 0.1) is 20.8 Å². The summed E-state index contributed by atoms with van der Waals surface area (Å²) in [6.07, 6.45) is 1.96. The van der Waals surface area contributed by atoms with Crippen molar-refractivity contribution in [2.75, 3.05) is 5.32 Å². The minimum absolute atomic E-state index is 0.179. The van der Waals surface area contributed by atoms with Crippen LogP contribution in [-0.2, 0) is 13.6 Å². The van der Waals surface area contributed by atoms with Crippen molar-refractivity contribution in [2.24, 2.45) is 7.05 Å². The Morgan fingerprint density at radius 3 is 2.40 bits per heavy atom. The molecule has 2 N–H and O–H groups in total. The quantitative estimate of drug-likeness (QED) is 0.884. The molecule has 0 unspecified atom stereocenters. The van der Waals surface area contributed by atoms with Gasteiger partial charge in [-0.1, -0.05) is 17.7 Å². The van der Waals surface area contributed by atoms with Crippen LogP contribution in [0.15, 0.2) is 30.5 Å². The van der Waals surface area contributed by atoms with E-state index < -0.39 is 0 Å². The summed E-state index contributed by atoms with van der Waals surface area (Å²) in [5, 5.41) is 5.80. The molecule has 106 valence electrons. The fourth-order valence-electron chi connectivity index (χ4n) is 2.39. The molecule has 0 saturated carbocycles. The van der Waals surface area contributed by atoms with E-state index in [9.17, 15) is 4.79 Å². The van der Waals surface area contributed by atoms with Crippen molar-refractivity contribution >= 4 is 11.7 Å². The lowest BCUT2D eigenvalue weighted by Crippen LogP contribution is -2.29. The molecule has 20 heavy (non-hydrogen) atoms. The monoisotopic (exact) mass is 271 g/mol. The highest BCUT2D eigenvalue weighted by Gasteiger charge is 2.08. The molecule has 2 aromatic rings. The first-order valence-electron chi connectivity index (χ1n) is 6.70. The minimum atomic E-state index is -0.179. The van der Waals surface area contributed by atoms with Gasteiger partial charge >= 0.3 is 6.03 Å². The summed E-state index contributed by atoms with van der Waals surface area (Å²) in [4.78, 5) is 12.0. The number of anilines is 1. The van der Waals surface area contributed by atoms with Gasteiger partial charge in [0.15, 0.2) is 0 Å². The van der Waals surface area contributed by atoms with E-state index in [1.807, 2.05) is 43.8 Å². The second-order valence-corrected chi connectivity index (χ2v) is 5.19. The lowest BCUT2D eigenvalue weighted by molar-refractivity contribution is 0.251. The number of carbonyl (C=O) groups is 1. The standard InChI is InChI=1S/C16H21N3O/c1-11-8-12(2)15(13(3)9-11)18-16(20)17-10-14-6-5-7-19(14)4/h5-9H,10H2,1-4H3,(H2,17,18,20). The Labute approximate surface area is 119 Å². The predicted octanol–water partition coefficient (Wildman–Crippen LogP) is 3.27. The number of benzene rings is 1. The average molecular weight is 271 g/mol. The van der Waals surface area contributed by atoms with Crippen LogP contribution in [0.1, 0.15) is 22.4 Å². The first-order chi connectivity index (χ1) is 9.47. The van der Waals surface area contributed by atoms with E-state index in [0.29, 0.717) is 6.54 Å². The first kappa shape index (κ1) is 14.2. The summed E-state index contributed by atoms with van der Waals surface area (Å²) in [6, 6.07) is 7.91. The SMILES string of the molecule is Cc1cc(C)c(NC(=O)NCc2cccn2C)c(C)c1. The van der Waals surface area contributed by atoms with E-state index in [0.717, 1.165) is 22.5 Å². The van der Waals surface area contributed by atoms with Crippen LogP contribution >= 0.6 is 0 Å². The molecule has 1 aromatic carbocycles. The topological polar surface area (TPSA) is 46.1 Å². The third kappa shape index (κ3) is 3.20. The molecule has 0 atom stereocenters. The summed E-state index contributed by atoms with van der Waals surface area (Å²) in [6.45, 7) is 6.58. The normalized spacial score (nSPS) is 10.4. The maximum atomic E-state index is 12.0. The van der Waals surface area contributed by atoms with E-state index in [1.54, 1.807) is 0 Å². The highest BCUT2D eigenvalue weighted by atomic mass is 16.2. The second-order valence-electron chi connectivity index (χ2n) is 5.19. The third-order valence-electron chi connectivity index (χ3n) is 3.40. The number of aromatic nitrogens is 1. The van der Waals surface area contributed by atoms with E-state index in [1.165, 1.54) is 5.56 Å². The van der Waals surface area contributed by atoms with Crippen molar-refractivity contribution in [1.29, 1.82) is 0 Å². The molecule has 2 rings (SSSR count). The maximum absolute atomic E-state index is 12.0. The molecule has 0 radical (unpaired) electrons. The largest absolute Gasteiger partial charge is 0.353 e. The number of carbonyl (C=O) groups excluding carboxylic acids is 1. The Bertz CT molecular complexity index is 605. The zero-order chi connectivity index (χ0) is 14.7. The summed E-state index contributed by atoms with van der Waals surface area (Å²) >= 11 is 0. The highest BCUT2D eigenvalue weighted by Crippen LogP contribution is 2.21. The lowest BCUT2D eigenvalue weighted by Gasteiger charge is -2.13. The van der Waals surface area contributed by atoms with Crippen LogP contribution in [-0.4, -0.2) is 10.6 Å². The van der Waals surface area contributed by atoms with Crippen LogP contribution in [0.3, 0.4) is 0 Å². The number of urea groups is 1. The van der Waals surface area contributed by atoms with Gasteiger partial charge in [0.05, 0.1) is 6.54 Å². The molecule has 0 aliphatic rings. The molecule has 4 nitrogen and oxygen atoms in total. The number of hydrogen-bond donors (Lipinski definition) is 2. The zero-order valence-electron chi connectivity index (χ0n) is 12.4. The van der Waals surface area contributed by atoms with Crippen molar-refractivity contribution in [1.82, 2.24) is 9.88 Å². The van der Waals surface area contributed by atoms with Gasteiger partial charge in [0.2, 0.25) is 0 Å². The van der Waals surface area contributed by atoms with Crippen LogP contribution in [0.2, 0.25) is 0 Å². The number of aryl methyl sites for hydroxylation is 4. The molecule has 4 heteroatoms.